The van der Waals surface area contributed by atoms with Crippen molar-refractivity contribution in [1.29, 1.82) is 0 Å². The lowest BCUT2D eigenvalue weighted by atomic mass is 9.90. The van der Waals surface area contributed by atoms with Gasteiger partial charge in [-0.3, -0.25) is 14.6 Å². The number of hydrogen-bond acceptors (Lipinski definition) is 5. The van der Waals surface area contributed by atoms with Crippen LogP contribution in [-0.4, -0.2) is 22.5 Å². The number of carbonyl (C=O) groups is 2. The predicted molar refractivity (Wildman–Crippen MR) is 155 cm³/mol. The fourth-order valence-electron chi connectivity index (χ4n) is 5.36. The normalized spacial score (nSPS) is 13.8. The Labute approximate surface area is 232 Å². The Morgan fingerprint density at radius 1 is 0.875 bits per heavy atom. The number of rotatable bonds is 6. The van der Waals surface area contributed by atoms with Gasteiger partial charge in [0.1, 0.15) is 5.76 Å². The Hall–Kier alpha value is -5.04. The molecule has 6 rings (SSSR count). The molecular formula is C33H28N4O3. The summed E-state index contributed by atoms with van der Waals surface area (Å²) in [6, 6.07) is 28.7. The minimum Gasteiger partial charge on any atom is -0.455 e. The molecule has 198 valence electrons. The molecule has 1 aliphatic rings. The number of benzene rings is 3. The van der Waals surface area contributed by atoms with E-state index in [4.69, 9.17) is 4.42 Å². The van der Waals surface area contributed by atoms with Crippen molar-refractivity contribution in [3.63, 3.8) is 0 Å². The zero-order valence-corrected chi connectivity index (χ0v) is 22.1. The summed E-state index contributed by atoms with van der Waals surface area (Å²) < 4.78 is 6.08. The quantitative estimate of drug-likeness (QED) is 0.250. The lowest BCUT2D eigenvalue weighted by molar-refractivity contribution is -0.121. The fraction of sp³-hybridized carbons (Fsp3) is 0.152. The molecule has 0 saturated carbocycles. The van der Waals surface area contributed by atoms with Crippen LogP contribution in [0.3, 0.4) is 0 Å². The largest absolute Gasteiger partial charge is 0.455 e. The summed E-state index contributed by atoms with van der Waals surface area (Å²) in [5.41, 5.74) is 8.27. The number of furan rings is 1. The first kappa shape index (κ1) is 25.2. The lowest BCUT2D eigenvalue weighted by Gasteiger charge is -2.18. The van der Waals surface area contributed by atoms with Crippen LogP contribution in [0.25, 0.3) is 10.9 Å². The van der Waals surface area contributed by atoms with E-state index in [-0.39, 0.29) is 17.6 Å². The highest BCUT2D eigenvalue weighted by Gasteiger charge is 2.29. The topological polar surface area (TPSA) is 96.6 Å². The highest BCUT2D eigenvalue weighted by Crippen LogP contribution is 2.31. The average Bonchev–Trinajstić information content (AvgIpc) is 3.34. The van der Waals surface area contributed by atoms with Crippen LogP contribution in [0.2, 0.25) is 0 Å². The van der Waals surface area contributed by atoms with Gasteiger partial charge in [-0.25, -0.2) is 5.43 Å². The van der Waals surface area contributed by atoms with Gasteiger partial charge in [-0.2, -0.15) is 5.10 Å². The first-order valence-electron chi connectivity index (χ1n) is 13.3. The van der Waals surface area contributed by atoms with Crippen molar-refractivity contribution in [3.8, 4) is 0 Å². The SMILES string of the molecule is Cc1c(C(=O)Nc2cccc3ncccc23)oc2c1/C(=N/NC(=O)C(c1ccccc1)c1ccccc1)CCC2. The third-order valence-corrected chi connectivity index (χ3v) is 7.25. The molecule has 40 heavy (non-hydrogen) atoms. The number of aromatic nitrogens is 1. The summed E-state index contributed by atoms with van der Waals surface area (Å²) in [7, 11) is 0. The molecule has 2 amide bonds. The summed E-state index contributed by atoms with van der Waals surface area (Å²) in [5.74, 6) is -0.0974. The van der Waals surface area contributed by atoms with Crippen molar-refractivity contribution < 1.29 is 14.0 Å². The maximum absolute atomic E-state index is 13.5. The number of carbonyl (C=O) groups excluding carboxylic acids is 2. The Morgan fingerprint density at radius 2 is 1.60 bits per heavy atom. The van der Waals surface area contributed by atoms with E-state index in [1.165, 1.54) is 0 Å². The first-order chi connectivity index (χ1) is 19.6. The van der Waals surface area contributed by atoms with Crippen LogP contribution in [0.1, 0.15) is 57.3 Å². The second kappa shape index (κ2) is 11.0. The van der Waals surface area contributed by atoms with Crippen molar-refractivity contribution in [2.24, 2.45) is 5.10 Å². The van der Waals surface area contributed by atoms with Gasteiger partial charge >= 0.3 is 0 Å². The molecule has 0 atom stereocenters. The van der Waals surface area contributed by atoms with Gasteiger partial charge in [0.2, 0.25) is 0 Å². The third-order valence-electron chi connectivity index (χ3n) is 7.25. The number of nitrogens with one attached hydrogen (secondary N) is 2. The third kappa shape index (κ3) is 4.89. The molecule has 2 heterocycles. The van der Waals surface area contributed by atoms with E-state index in [0.29, 0.717) is 35.6 Å². The van der Waals surface area contributed by atoms with Gasteiger partial charge in [0.25, 0.3) is 11.8 Å². The van der Waals surface area contributed by atoms with Gasteiger partial charge in [-0.1, -0.05) is 66.7 Å². The molecule has 0 fully saturated rings. The van der Waals surface area contributed by atoms with Crippen molar-refractivity contribution in [1.82, 2.24) is 10.4 Å². The molecule has 2 aromatic heterocycles. The first-order valence-corrected chi connectivity index (χ1v) is 13.3. The Balaban J connectivity index is 1.27. The summed E-state index contributed by atoms with van der Waals surface area (Å²) in [6.45, 7) is 1.86. The molecule has 0 saturated heterocycles. The van der Waals surface area contributed by atoms with Crippen LogP contribution in [-0.2, 0) is 11.2 Å². The van der Waals surface area contributed by atoms with Gasteiger partial charge in [0.05, 0.1) is 22.8 Å². The minimum absolute atomic E-state index is 0.222. The number of amides is 2. The number of anilines is 1. The van der Waals surface area contributed by atoms with Gasteiger partial charge < -0.3 is 9.73 Å². The van der Waals surface area contributed by atoms with Crippen LogP contribution in [0.4, 0.5) is 5.69 Å². The van der Waals surface area contributed by atoms with E-state index < -0.39 is 5.92 Å². The maximum atomic E-state index is 13.5. The molecule has 0 radical (unpaired) electrons. The van der Waals surface area contributed by atoms with Gasteiger partial charge in [0, 0.05) is 29.1 Å². The Kier molecular flexibility index (Phi) is 6.93. The van der Waals surface area contributed by atoms with Gasteiger partial charge in [-0.15, -0.1) is 0 Å². The summed E-state index contributed by atoms with van der Waals surface area (Å²) in [5, 5.41) is 8.41. The second-order valence-electron chi connectivity index (χ2n) is 9.83. The van der Waals surface area contributed by atoms with Gasteiger partial charge in [0.15, 0.2) is 5.76 Å². The predicted octanol–water partition coefficient (Wildman–Crippen LogP) is 6.38. The zero-order chi connectivity index (χ0) is 27.5. The van der Waals surface area contributed by atoms with E-state index in [9.17, 15) is 9.59 Å². The van der Waals surface area contributed by atoms with E-state index in [1.54, 1.807) is 6.20 Å². The molecule has 0 unspecified atom stereocenters. The number of nitrogens with zero attached hydrogens (tertiary/aromatic N) is 2. The molecule has 3 aromatic carbocycles. The van der Waals surface area contributed by atoms with Crippen LogP contribution >= 0.6 is 0 Å². The van der Waals surface area contributed by atoms with Crippen LogP contribution < -0.4 is 10.7 Å². The highest BCUT2D eigenvalue weighted by atomic mass is 16.4. The molecule has 1 aliphatic carbocycles. The van der Waals surface area contributed by atoms with Crippen LogP contribution in [0, 0.1) is 6.92 Å². The Bertz CT molecular complexity index is 1680. The number of aryl methyl sites for hydroxylation is 1. The summed E-state index contributed by atoms with van der Waals surface area (Å²) in [4.78, 5) is 31.2. The molecular weight excluding hydrogens is 500 g/mol. The number of hydrogen-bond donors (Lipinski definition) is 2. The van der Waals surface area contributed by atoms with E-state index in [1.807, 2.05) is 97.9 Å². The molecule has 7 nitrogen and oxygen atoms in total. The minimum atomic E-state index is -0.503. The summed E-state index contributed by atoms with van der Waals surface area (Å²) >= 11 is 0. The van der Waals surface area contributed by atoms with Gasteiger partial charge in [-0.05, 0) is 55.2 Å². The van der Waals surface area contributed by atoms with Crippen molar-refractivity contribution in [2.75, 3.05) is 5.32 Å². The van der Waals surface area contributed by atoms with Crippen molar-refractivity contribution >= 4 is 34.1 Å². The Morgan fingerprint density at radius 3 is 2.33 bits per heavy atom. The maximum Gasteiger partial charge on any atom is 0.291 e. The molecule has 5 aromatic rings. The second-order valence-corrected chi connectivity index (χ2v) is 9.83. The van der Waals surface area contributed by atoms with Crippen LogP contribution in [0.5, 0.6) is 0 Å². The van der Waals surface area contributed by atoms with E-state index in [2.05, 4.69) is 20.8 Å². The summed E-state index contributed by atoms with van der Waals surface area (Å²) in [6.07, 6.45) is 3.90. The molecule has 7 heteroatoms. The average molecular weight is 529 g/mol. The van der Waals surface area contributed by atoms with Crippen LogP contribution in [0.15, 0.2) is 107 Å². The van der Waals surface area contributed by atoms with E-state index in [0.717, 1.165) is 34.0 Å². The zero-order valence-electron chi connectivity index (χ0n) is 22.1. The van der Waals surface area contributed by atoms with Crippen molar-refractivity contribution in [3.05, 3.63) is 131 Å². The lowest BCUT2D eigenvalue weighted by Crippen LogP contribution is -2.28. The van der Waals surface area contributed by atoms with Crippen molar-refractivity contribution in [2.45, 2.75) is 32.1 Å². The molecule has 0 aliphatic heterocycles. The molecule has 0 spiro atoms. The number of hydrazone groups is 1. The number of pyridine rings is 1. The molecule has 2 N–H and O–H groups in total. The monoisotopic (exact) mass is 528 g/mol. The standard InChI is InChI=1S/C33H28N4O3/c1-21-29-27(36-37-32(38)30(22-11-4-2-5-12-22)23-13-6-3-7-14-23)18-9-19-28(29)40-31(21)33(39)35-26-17-8-16-25-24(26)15-10-20-34-25/h2-8,10-17,20,30H,9,18-19H2,1H3,(H,35,39)(H,37,38)/b36-27+. The number of fused-ring (bicyclic) bond motifs is 2. The smallest absolute Gasteiger partial charge is 0.291 e. The fourth-order valence-corrected chi connectivity index (χ4v) is 5.36. The van der Waals surface area contributed by atoms with E-state index >= 15 is 0 Å². The molecule has 0 bridgehead atoms. The highest BCUT2D eigenvalue weighted by molar-refractivity contribution is 6.11.